The van der Waals surface area contributed by atoms with Gasteiger partial charge in [0.25, 0.3) is 5.91 Å². The highest BCUT2D eigenvalue weighted by Crippen LogP contribution is 2.43. The van der Waals surface area contributed by atoms with E-state index in [1.807, 2.05) is 60.4 Å². The molecule has 0 saturated heterocycles. The number of benzene rings is 3. The Hall–Kier alpha value is -3.07. The van der Waals surface area contributed by atoms with Crippen LogP contribution in [0, 0.1) is 12.8 Å². The summed E-state index contributed by atoms with van der Waals surface area (Å²) in [6, 6.07) is 26.8. The van der Waals surface area contributed by atoms with E-state index in [9.17, 15) is 4.79 Å². The van der Waals surface area contributed by atoms with Crippen molar-refractivity contribution in [2.45, 2.75) is 39.3 Å². The zero-order valence-electron chi connectivity index (χ0n) is 17.3. The summed E-state index contributed by atoms with van der Waals surface area (Å²) in [6.07, 6.45) is 0.903. The lowest BCUT2D eigenvalue weighted by Gasteiger charge is -2.45. The maximum absolute atomic E-state index is 13.6. The average molecular weight is 385 g/mol. The van der Waals surface area contributed by atoms with Gasteiger partial charge in [0.15, 0.2) is 0 Å². The number of carbonyl (C=O) groups is 1. The number of anilines is 2. The fourth-order valence-electron chi connectivity index (χ4n) is 4.46. The van der Waals surface area contributed by atoms with Gasteiger partial charge in [0.1, 0.15) is 0 Å². The van der Waals surface area contributed by atoms with Crippen molar-refractivity contribution in [3.63, 3.8) is 0 Å². The monoisotopic (exact) mass is 384 g/mol. The SMILES string of the molecule is CC[C@@H]1[C@@H](C)[C@@H](Nc2ccccc2)c2ccccc2N1C(=O)c1ccc(C)cc1. The van der Waals surface area contributed by atoms with Gasteiger partial charge in [0.05, 0.1) is 6.04 Å². The highest BCUT2D eigenvalue weighted by molar-refractivity contribution is 6.07. The molecule has 3 atom stereocenters. The number of carbonyl (C=O) groups excluding carboxylic acids is 1. The Balaban J connectivity index is 1.76. The zero-order chi connectivity index (χ0) is 20.4. The van der Waals surface area contributed by atoms with Crippen molar-refractivity contribution in [1.29, 1.82) is 0 Å². The Morgan fingerprint density at radius 3 is 2.28 bits per heavy atom. The summed E-state index contributed by atoms with van der Waals surface area (Å²) >= 11 is 0. The molecule has 0 saturated carbocycles. The van der Waals surface area contributed by atoms with Gasteiger partial charge >= 0.3 is 0 Å². The van der Waals surface area contributed by atoms with Crippen LogP contribution in [0.1, 0.15) is 47.8 Å². The molecule has 0 aromatic heterocycles. The molecular formula is C26H28N2O. The molecule has 0 spiro atoms. The van der Waals surface area contributed by atoms with E-state index in [1.54, 1.807) is 0 Å². The van der Waals surface area contributed by atoms with Gasteiger partial charge in [-0.25, -0.2) is 0 Å². The first-order valence-corrected chi connectivity index (χ1v) is 10.4. The molecule has 0 radical (unpaired) electrons. The minimum atomic E-state index is 0.0781. The van der Waals surface area contributed by atoms with Crippen molar-refractivity contribution >= 4 is 17.3 Å². The molecule has 3 nitrogen and oxygen atoms in total. The Labute approximate surface area is 173 Å². The highest BCUT2D eigenvalue weighted by atomic mass is 16.2. The number of fused-ring (bicyclic) bond motifs is 1. The predicted molar refractivity (Wildman–Crippen MR) is 120 cm³/mol. The van der Waals surface area contributed by atoms with Gasteiger partial charge in [-0.2, -0.15) is 0 Å². The first kappa shape index (κ1) is 19.3. The first-order chi connectivity index (χ1) is 14.1. The maximum Gasteiger partial charge on any atom is 0.258 e. The van der Waals surface area contributed by atoms with Crippen LogP contribution < -0.4 is 10.2 Å². The summed E-state index contributed by atoms with van der Waals surface area (Å²) in [5.41, 5.74) is 5.19. The van der Waals surface area contributed by atoms with Crippen LogP contribution in [-0.4, -0.2) is 11.9 Å². The Morgan fingerprint density at radius 2 is 1.59 bits per heavy atom. The van der Waals surface area contributed by atoms with Gasteiger partial charge < -0.3 is 10.2 Å². The number of para-hydroxylation sites is 2. The molecule has 1 aliphatic rings. The number of hydrogen-bond acceptors (Lipinski definition) is 2. The fourth-order valence-corrected chi connectivity index (χ4v) is 4.46. The third kappa shape index (κ3) is 3.65. The van der Waals surface area contributed by atoms with E-state index in [4.69, 9.17) is 0 Å². The Bertz CT molecular complexity index is 981. The standard InChI is InChI=1S/C26H28N2O/c1-4-23-19(3)25(27-21-10-6-5-7-11-21)22-12-8-9-13-24(22)28(23)26(29)20-16-14-18(2)15-17-20/h5-17,19,23,25,27H,4H2,1-3H3/t19-,23-,25-/m1/s1. The molecule has 1 N–H and O–H groups in total. The number of aryl methyl sites for hydroxylation is 1. The Kier molecular flexibility index (Phi) is 5.39. The molecule has 29 heavy (non-hydrogen) atoms. The van der Waals surface area contributed by atoms with Crippen LogP contribution in [0.3, 0.4) is 0 Å². The molecule has 1 aliphatic heterocycles. The summed E-state index contributed by atoms with van der Waals surface area (Å²) in [6.45, 7) is 6.46. The normalized spacial score (nSPS) is 20.8. The predicted octanol–water partition coefficient (Wildman–Crippen LogP) is 6.22. The van der Waals surface area contributed by atoms with Crippen molar-refractivity contribution in [2.75, 3.05) is 10.2 Å². The lowest BCUT2D eigenvalue weighted by atomic mass is 9.80. The van der Waals surface area contributed by atoms with Crippen LogP contribution in [0.4, 0.5) is 11.4 Å². The first-order valence-electron chi connectivity index (χ1n) is 10.4. The second-order valence-electron chi connectivity index (χ2n) is 7.92. The summed E-state index contributed by atoms with van der Waals surface area (Å²) in [7, 11) is 0. The molecule has 3 aromatic rings. The van der Waals surface area contributed by atoms with Crippen molar-refractivity contribution in [2.24, 2.45) is 5.92 Å². The largest absolute Gasteiger partial charge is 0.378 e. The molecule has 0 bridgehead atoms. The lowest BCUT2D eigenvalue weighted by Crippen LogP contribution is -2.50. The fraction of sp³-hybridized carbons (Fsp3) is 0.269. The maximum atomic E-state index is 13.6. The summed E-state index contributed by atoms with van der Waals surface area (Å²) in [5.74, 6) is 0.346. The van der Waals surface area contributed by atoms with Crippen LogP contribution in [0.15, 0.2) is 78.9 Å². The molecule has 0 aliphatic carbocycles. The molecule has 0 fully saturated rings. The van der Waals surface area contributed by atoms with Crippen molar-refractivity contribution in [3.8, 4) is 0 Å². The molecule has 1 heterocycles. The average Bonchev–Trinajstić information content (AvgIpc) is 2.76. The van der Waals surface area contributed by atoms with Gasteiger partial charge in [-0.1, -0.05) is 67.9 Å². The summed E-state index contributed by atoms with van der Waals surface area (Å²) in [4.78, 5) is 15.6. The van der Waals surface area contributed by atoms with Gasteiger partial charge in [-0.15, -0.1) is 0 Å². The number of nitrogens with one attached hydrogen (secondary N) is 1. The van der Waals surface area contributed by atoms with Crippen LogP contribution in [-0.2, 0) is 0 Å². The van der Waals surface area contributed by atoms with Crippen LogP contribution >= 0.6 is 0 Å². The van der Waals surface area contributed by atoms with Crippen molar-refractivity contribution in [1.82, 2.24) is 0 Å². The summed E-state index contributed by atoms with van der Waals surface area (Å²) < 4.78 is 0. The van der Waals surface area contributed by atoms with Crippen molar-refractivity contribution < 1.29 is 4.79 Å². The van der Waals surface area contributed by atoms with E-state index in [2.05, 4.69) is 49.5 Å². The molecule has 4 rings (SSSR count). The van der Waals surface area contributed by atoms with E-state index in [0.29, 0.717) is 0 Å². The molecule has 148 valence electrons. The third-order valence-corrected chi connectivity index (χ3v) is 6.03. The van der Waals surface area contributed by atoms with E-state index < -0.39 is 0 Å². The lowest BCUT2D eigenvalue weighted by molar-refractivity contribution is 0.0960. The van der Waals surface area contributed by atoms with Crippen LogP contribution in [0.25, 0.3) is 0 Å². The van der Waals surface area contributed by atoms with Crippen LogP contribution in [0.2, 0.25) is 0 Å². The van der Waals surface area contributed by atoms with Crippen molar-refractivity contribution in [3.05, 3.63) is 95.6 Å². The van der Waals surface area contributed by atoms with Gasteiger partial charge in [0.2, 0.25) is 0 Å². The summed E-state index contributed by atoms with van der Waals surface area (Å²) in [5, 5.41) is 3.72. The molecule has 0 unspecified atom stereocenters. The topological polar surface area (TPSA) is 32.3 Å². The van der Waals surface area contributed by atoms with Gasteiger partial charge in [-0.05, 0) is 49.2 Å². The van der Waals surface area contributed by atoms with E-state index in [-0.39, 0.29) is 23.9 Å². The number of hydrogen-bond donors (Lipinski definition) is 1. The minimum Gasteiger partial charge on any atom is -0.378 e. The van der Waals surface area contributed by atoms with E-state index in [0.717, 1.165) is 28.9 Å². The molecule has 1 amide bonds. The van der Waals surface area contributed by atoms with Gasteiger partial charge in [0, 0.05) is 28.9 Å². The van der Waals surface area contributed by atoms with Gasteiger partial charge in [-0.3, -0.25) is 4.79 Å². The number of rotatable bonds is 4. The smallest absolute Gasteiger partial charge is 0.258 e. The molecule has 3 aromatic carbocycles. The second kappa shape index (κ2) is 8.12. The molecule has 3 heteroatoms. The molecular weight excluding hydrogens is 356 g/mol. The Morgan fingerprint density at radius 1 is 0.931 bits per heavy atom. The quantitative estimate of drug-likeness (QED) is 0.579. The van der Waals surface area contributed by atoms with E-state index in [1.165, 1.54) is 5.56 Å². The second-order valence-corrected chi connectivity index (χ2v) is 7.92. The zero-order valence-corrected chi connectivity index (χ0v) is 17.3. The third-order valence-electron chi connectivity index (χ3n) is 6.03. The van der Waals surface area contributed by atoms with E-state index >= 15 is 0 Å². The minimum absolute atomic E-state index is 0.0781. The number of amides is 1. The highest BCUT2D eigenvalue weighted by Gasteiger charge is 2.40. The number of nitrogens with zero attached hydrogens (tertiary/aromatic N) is 1. The van der Waals surface area contributed by atoms with Crippen LogP contribution in [0.5, 0.6) is 0 Å².